The molecule has 1 saturated carbocycles. The van der Waals surface area contributed by atoms with Crippen LogP contribution < -0.4 is 10.6 Å². The zero-order chi connectivity index (χ0) is 19.8. The monoisotopic (exact) mass is 386 g/mol. The second-order valence-electron chi connectivity index (χ2n) is 7.12. The summed E-state index contributed by atoms with van der Waals surface area (Å²) < 4.78 is 23.8. The Labute approximate surface area is 165 Å². The van der Waals surface area contributed by atoms with Crippen LogP contribution in [0, 0.1) is 5.82 Å². The first kappa shape index (κ1) is 20.3. The largest absolute Gasteiger partial charge is 0.382 e. The molecule has 150 valence electrons. The fourth-order valence-corrected chi connectivity index (χ4v) is 3.68. The van der Waals surface area contributed by atoms with Gasteiger partial charge in [0.25, 0.3) is 0 Å². The Bertz CT molecular complexity index is 774. The molecular formula is C22H27FN2O3. The molecule has 2 aromatic rings. The molecule has 0 atom stereocenters. The lowest BCUT2D eigenvalue weighted by Gasteiger charge is -2.31. The molecule has 0 bridgehead atoms. The van der Waals surface area contributed by atoms with E-state index in [0.717, 1.165) is 36.8 Å². The molecule has 5 nitrogen and oxygen atoms in total. The zero-order valence-electron chi connectivity index (χ0n) is 16.2. The molecule has 0 unspecified atom stereocenters. The maximum Gasteiger partial charge on any atom is 0.319 e. The third-order valence-electron chi connectivity index (χ3n) is 5.09. The van der Waals surface area contributed by atoms with Gasteiger partial charge in [-0.15, -0.1) is 0 Å². The number of nitrogens with one attached hydrogen (secondary N) is 2. The van der Waals surface area contributed by atoms with Crippen molar-refractivity contribution in [2.75, 3.05) is 25.6 Å². The number of rotatable bonds is 8. The number of benzene rings is 2. The molecule has 2 amide bonds. The van der Waals surface area contributed by atoms with Crippen LogP contribution in [0.4, 0.5) is 14.9 Å². The SMILES string of the molecule is COCCOCc1cccc(NC(=O)NC2(c3ccc(F)cc3)CCCC2)c1. The summed E-state index contributed by atoms with van der Waals surface area (Å²) in [5, 5.41) is 6.05. The highest BCUT2D eigenvalue weighted by atomic mass is 19.1. The van der Waals surface area contributed by atoms with Crippen molar-refractivity contribution in [2.45, 2.75) is 37.8 Å². The number of amides is 2. The summed E-state index contributed by atoms with van der Waals surface area (Å²) in [6.45, 7) is 1.53. The number of urea groups is 1. The number of methoxy groups -OCH3 is 1. The molecule has 28 heavy (non-hydrogen) atoms. The lowest BCUT2D eigenvalue weighted by atomic mass is 9.88. The third-order valence-corrected chi connectivity index (χ3v) is 5.09. The Hall–Kier alpha value is -2.44. The van der Waals surface area contributed by atoms with Gasteiger partial charge >= 0.3 is 6.03 Å². The van der Waals surface area contributed by atoms with Gasteiger partial charge in [-0.3, -0.25) is 0 Å². The smallest absolute Gasteiger partial charge is 0.319 e. The minimum Gasteiger partial charge on any atom is -0.382 e. The average Bonchev–Trinajstić information content (AvgIpc) is 3.15. The third kappa shape index (κ3) is 5.30. The lowest BCUT2D eigenvalue weighted by molar-refractivity contribution is 0.0617. The van der Waals surface area contributed by atoms with E-state index >= 15 is 0 Å². The van der Waals surface area contributed by atoms with Crippen LogP contribution in [0.1, 0.15) is 36.8 Å². The molecule has 3 rings (SSSR count). The second kappa shape index (κ2) is 9.66. The van der Waals surface area contributed by atoms with Crippen molar-refractivity contribution < 1.29 is 18.7 Å². The first-order chi connectivity index (χ1) is 13.6. The van der Waals surface area contributed by atoms with E-state index in [1.54, 1.807) is 19.2 Å². The van der Waals surface area contributed by atoms with E-state index in [9.17, 15) is 9.18 Å². The van der Waals surface area contributed by atoms with Crippen LogP contribution in [-0.2, 0) is 21.6 Å². The highest BCUT2D eigenvalue weighted by Gasteiger charge is 2.37. The minimum absolute atomic E-state index is 0.260. The zero-order valence-corrected chi connectivity index (χ0v) is 16.2. The molecule has 0 saturated heterocycles. The Morgan fingerprint density at radius 2 is 1.86 bits per heavy atom. The summed E-state index contributed by atoms with van der Waals surface area (Å²) in [4.78, 5) is 12.7. The van der Waals surface area contributed by atoms with Crippen molar-refractivity contribution in [1.82, 2.24) is 5.32 Å². The molecule has 2 N–H and O–H groups in total. The van der Waals surface area contributed by atoms with Crippen LogP contribution in [0.2, 0.25) is 0 Å². The van der Waals surface area contributed by atoms with E-state index in [0.29, 0.717) is 25.5 Å². The van der Waals surface area contributed by atoms with Gasteiger partial charge in [0.15, 0.2) is 0 Å². The number of carbonyl (C=O) groups is 1. The van der Waals surface area contributed by atoms with Gasteiger partial charge in [-0.1, -0.05) is 37.1 Å². The second-order valence-corrected chi connectivity index (χ2v) is 7.12. The minimum atomic E-state index is -0.446. The van der Waals surface area contributed by atoms with E-state index < -0.39 is 5.54 Å². The van der Waals surface area contributed by atoms with Crippen molar-refractivity contribution in [2.24, 2.45) is 0 Å². The van der Waals surface area contributed by atoms with Crippen molar-refractivity contribution in [3.63, 3.8) is 0 Å². The van der Waals surface area contributed by atoms with Gasteiger partial charge in [0.1, 0.15) is 5.82 Å². The molecule has 1 fully saturated rings. The predicted octanol–water partition coefficient (Wildman–Crippen LogP) is 4.58. The van der Waals surface area contributed by atoms with Gasteiger partial charge in [0.2, 0.25) is 0 Å². The van der Waals surface area contributed by atoms with Gasteiger partial charge in [-0.2, -0.15) is 0 Å². The summed E-state index contributed by atoms with van der Waals surface area (Å²) >= 11 is 0. The summed E-state index contributed by atoms with van der Waals surface area (Å²) in [6, 6.07) is 13.7. The van der Waals surface area contributed by atoms with Crippen LogP contribution in [0.5, 0.6) is 0 Å². The number of hydrogen-bond acceptors (Lipinski definition) is 3. The molecule has 6 heteroatoms. The summed E-state index contributed by atoms with van der Waals surface area (Å²) in [5.74, 6) is -0.272. The fourth-order valence-electron chi connectivity index (χ4n) is 3.68. The van der Waals surface area contributed by atoms with Gasteiger partial charge in [0.05, 0.1) is 25.4 Å². The molecule has 1 aliphatic rings. The average molecular weight is 386 g/mol. The maximum atomic E-state index is 13.3. The highest BCUT2D eigenvalue weighted by Crippen LogP contribution is 2.38. The van der Waals surface area contributed by atoms with Crippen molar-refractivity contribution in [3.05, 3.63) is 65.5 Å². The van der Waals surface area contributed by atoms with Gasteiger partial charge in [-0.05, 0) is 48.2 Å². The molecule has 0 spiro atoms. The molecule has 0 radical (unpaired) electrons. The number of carbonyl (C=O) groups excluding carboxylic acids is 1. The summed E-state index contributed by atoms with van der Waals surface area (Å²) in [5.41, 5.74) is 2.18. The maximum absolute atomic E-state index is 13.3. The molecule has 2 aromatic carbocycles. The van der Waals surface area contributed by atoms with Crippen LogP contribution >= 0.6 is 0 Å². The highest BCUT2D eigenvalue weighted by molar-refractivity contribution is 5.90. The van der Waals surface area contributed by atoms with Crippen molar-refractivity contribution >= 4 is 11.7 Å². The van der Waals surface area contributed by atoms with Gasteiger partial charge in [0, 0.05) is 12.8 Å². The number of anilines is 1. The molecule has 0 aromatic heterocycles. The van der Waals surface area contributed by atoms with E-state index in [-0.39, 0.29) is 11.8 Å². The Morgan fingerprint density at radius 3 is 2.57 bits per heavy atom. The molecular weight excluding hydrogens is 359 g/mol. The van der Waals surface area contributed by atoms with Crippen LogP contribution in [0.15, 0.2) is 48.5 Å². The van der Waals surface area contributed by atoms with E-state index in [4.69, 9.17) is 9.47 Å². The van der Waals surface area contributed by atoms with Crippen molar-refractivity contribution in [3.8, 4) is 0 Å². The Kier molecular flexibility index (Phi) is 7.01. The van der Waals surface area contributed by atoms with E-state index in [1.165, 1.54) is 12.1 Å². The first-order valence-corrected chi connectivity index (χ1v) is 9.62. The van der Waals surface area contributed by atoms with Crippen LogP contribution in [0.3, 0.4) is 0 Å². The first-order valence-electron chi connectivity index (χ1n) is 9.62. The quantitative estimate of drug-likeness (QED) is 0.653. The fraction of sp³-hybridized carbons (Fsp3) is 0.409. The summed E-state index contributed by atoms with van der Waals surface area (Å²) in [7, 11) is 1.63. The Balaban J connectivity index is 1.63. The number of ether oxygens (including phenoxy) is 2. The predicted molar refractivity (Wildman–Crippen MR) is 107 cm³/mol. The Morgan fingerprint density at radius 1 is 1.11 bits per heavy atom. The molecule has 0 heterocycles. The topological polar surface area (TPSA) is 59.6 Å². The molecule has 1 aliphatic carbocycles. The van der Waals surface area contributed by atoms with E-state index in [1.807, 2.05) is 24.3 Å². The van der Waals surface area contributed by atoms with Crippen LogP contribution in [-0.4, -0.2) is 26.4 Å². The lowest BCUT2D eigenvalue weighted by Crippen LogP contribution is -2.45. The van der Waals surface area contributed by atoms with Crippen molar-refractivity contribution in [1.29, 1.82) is 0 Å². The van der Waals surface area contributed by atoms with Crippen LogP contribution in [0.25, 0.3) is 0 Å². The normalized spacial score (nSPS) is 15.4. The molecule has 0 aliphatic heterocycles. The standard InChI is InChI=1S/C22H27FN2O3/c1-27-13-14-28-16-17-5-4-6-20(15-17)24-21(26)25-22(11-2-3-12-22)18-7-9-19(23)10-8-18/h4-10,15H,2-3,11-14,16H2,1H3,(H2,24,25,26). The van der Waals surface area contributed by atoms with Gasteiger partial charge < -0.3 is 20.1 Å². The number of halogens is 1. The summed E-state index contributed by atoms with van der Waals surface area (Å²) in [6.07, 6.45) is 3.76. The number of hydrogen-bond donors (Lipinski definition) is 2. The van der Waals surface area contributed by atoms with E-state index in [2.05, 4.69) is 10.6 Å². The van der Waals surface area contributed by atoms with Gasteiger partial charge in [-0.25, -0.2) is 9.18 Å².